The minimum absolute atomic E-state index is 0.275. The lowest BCUT2D eigenvalue weighted by molar-refractivity contribution is 0.245. The largest absolute Gasteiger partial charge is 0.329 e. The van der Waals surface area contributed by atoms with Crippen LogP contribution < -0.4 is 5.73 Å². The van der Waals surface area contributed by atoms with E-state index in [1.807, 2.05) is 0 Å². The predicted molar refractivity (Wildman–Crippen MR) is 86.5 cm³/mol. The van der Waals surface area contributed by atoms with E-state index in [4.69, 9.17) is 5.73 Å². The number of rotatable bonds is 5. The summed E-state index contributed by atoms with van der Waals surface area (Å²) < 4.78 is 1.16. The Kier molecular flexibility index (Phi) is 5.16. The van der Waals surface area contributed by atoms with Gasteiger partial charge in [0.2, 0.25) is 0 Å². The molecule has 1 aromatic heterocycles. The zero-order valence-corrected chi connectivity index (χ0v) is 13.7. The monoisotopic (exact) mass is 338 g/mol. The second-order valence-electron chi connectivity index (χ2n) is 4.80. The Morgan fingerprint density at radius 2 is 2.11 bits per heavy atom. The van der Waals surface area contributed by atoms with Crippen LogP contribution in [0.4, 0.5) is 0 Å². The van der Waals surface area contributed by atoms with Crippen LogP contribution in [0, 0.1) is 6.92 Å². The molecule has 0 radical (unpaired) electrons. The molecule has 0 amide bonds. The summed E-state index contributed by atoms with van der Waals surface area (Å²) in [6.07, 6.45) is 0. The highest BCUT2D eigenvalue weighted by atomic mass is 79.9. The molecule has 0 saturated heterocycles. The first-order valence-corrected chi connectivity index (χ1v) is 7.92. The molecule has 0 fully saturated rings. The molecule has 4 heteroatoms. The molecule has 0 aliphatic rings. The average molecular weight is 339 g/mol. The highest BCUT2D eigenvalue weighted by molar-refractivity contribution is 9.11. The fraction of sp³-hybridized carbons (Fsp3) is 0.333. The summed E-state index contributed by atoms with van der Waals surface area (Å²) in [6.45, 7) is 3.68. The molecule has 2 aromatic rings. The zero-order valence-electron chi connectivity index (χ0n) is 11.3. The second kappa shape index (κ2) is 6.66. The normalized spacial score (nSPS) is 12.9. The van der Waals surface area contributed by atoms with E-state index in [2.05, 4.69) is 71.2 Å². The van der Waals surface area contributed by atoms with Crippen LogP contribution >= 0.6 is 27.3 Å². The van der Waals surface area contributed by atoms with Crippen molar-refractivity contribution in [2.24, 2.45) is 5.73 Å². The highest BCUT2D eigenvalue weighted by Crippen LogP contribution is 2.30. The molecule has 2 N–H and O–H groups in total. The van der Waals surface area contributed by atoms with Crippen molar-refractivity contribution in [3.05, 3.63) is 56.2 Å². The van der Waals surface area contributed by atoms with Crippen molar-refractivity contribution >= 4 is 27.3 Å². The summed E-state index contributed by atoms with van der Waals surface area (Å²) in [5, 5.41) is 0. The second-order valence-corrected chi connectivity index (χ2v) is 7.29. The topological polar surface area (TPSA) is 29.3 Å². The van der Waals surface area contributed by atoms with Crippen molar-refractivity contribution in [1.29, 1.82) is 0 Å². The van der Waals surface area contributed by atoms with Crippen molar-refractivity contribution in [1.82, 2.24) is 4.90 Å². The first-order valence-electron chi connectivity index (χ1n) is 6.31. The molecule has 0 saturated carbocycles. The predicted octanol–water partition coefficient (Wildman–Crippen LogP) is 3.95. The number of hydrogen-bond donors (Lipinski definition) is 1. The first kappa shape index (κ1) is 14.7. The third kappa shape index (κ3) is 3.89. The van der Waals surface area contributed by atoms with Gasteiger partial charge in [-0.2, -0.15) is 0 Å². The maximum atomic E-state index is 5.95. The summed E-state index contributed by atoms with van der Waals surface area (Å²) in [6, 6.07) is 13.1. The van der Waals surface area contributed by atoms with Crippen molar-refractivity contribution in [3.63, 3.8) is 0 Å². The Labute approximate surface area is 127 Å². The van der Waals surface area contributed by atoms with E-state index in [9.17, 15) is 0 Å². The van der Waals surface area contributed by atoms with E-state index in [0.717, 1.165) is 10.3 Å². The van der Waals surface area contributed by atoms with Gasteiger partial charge in [0, 0.05) is 18.0 Å². The molecule has 0 aliphatic carbocycles. The summed E-state index contributed by atoms with van der Waals surface area (Å²) in [4.78, 5) is 3.62. The summed E-state index contributed by atoms with van der Waals surface area (Å²) in [5.41, 5.74) is 8.58. The smallest absolute Gasteiger partial charge is 0.0702 e. The van der Waals surface area contributed by atoms with E-state index in [1.165, 1.54) is 16.0 Å². The summed E-state index contributed by atoms with van der Waals surface area (Å²) in [7, 11) is 2.13. The van der Waals surface area contributed by atoms with Crippen LogP contribution in [0.5, 0.6) is 0 Å². The van der Waals surface area contributed by atoms with E-state index < -0.39 is 0 Å². The number of hydrogen-bond acceptors (Lipinski definition) is 3. The molecule has 1 heterocycles. The van der Waals surface area contributed by atoms with Gasteiger partial charge in [-0.05, 0) is 47.6 Å². The number of thiophene rings is 1. The Morgan fingerprint density at radius 1 is 1.32 bits per heavy atom. The molecule has 0 spiro atoms. The Bertz CT molecular complexity index is 538. The third-order valence-corrected chi connectivity index (χ3v) is 4.92. The average Bonchev–Trinajstić information content (AvgIpc) is 2.76. The molecule has 1 aromatic carbocycles. The van der Waals surface area contributed by atoms with Gasteiger partial charge in [-0.25, -0.2) is 0 Å². The van der Waals surface area contributed by atoms with Gasteiger partial charge in [0.25, 0.3) is 0 Å². The van der Waals surface area contributed by atoms with Crippen LogP contribution in [-0.4, -0.2) is 18.5 Å². The van der Waals surface area contributed by atoms with E-state index >= 15 is 0 Å². The van der Waals surface area contributed by atoms with Crippen LogP contribution in [0.15, 0.2) is 40.2 Å². The van der Waals surface area contributed by atoms with Crippen LogP contribution in [-0.2, 0) is 6.54 Å². The van der Waals surface area contributed by atoms with Crippen LogP contribution in [0.25, 0.3) is 0 Å². The van der Waals surface area contributed by atoms with Gasteiger partial charge in [-0.3, -0.25) is 4.90 Å². The quantitative estimate of drug-likeness (QED) is 0.894. The van der Waals surface area contributed by atoms with Crippen LogP contribution in [0.3, 0.4) is 0 Å². The lowest BCUT2D eigenvalue weighted by atomic mass is 10.1. The fourth-order valence-corrected chi connectivity index (χ4v) is 3.83. The zero-order chi connectivity index (χ0) is 13.8. The van der Waals surface area contributed by atoms with Crippen molar-refractivity contribution < 1.29 is 0 Å². The van der Waals surface area contributed by atoms with Crippen molar-refractivity contribution in [2.75, 3.05) is 13.6 Å². The van der Waals surface area contributed by atoms with Crippen molar-refractivity contribution in [2.45, 2.75) is 19.5 Å². The fourth-order valence-electron chi connectivity index (χ4n) is 2.23. The van der Waals surface area contributed by atoms with E-state index in [1.54, 1.807) is 11.3 Å². The number of halogens is 1. The Balaban J connectivity index is 2.11. The molecular formula is C15H19BrN2S. The lowest BCUT2D eigenvalue weighted by Crippen LogP contribution is -2.29. The highest BCUT2D eigenvalue weighted by Gasteiger charge is 2.17. The number of nitrogens with two attached hydrogens (primary N) is 1. The number of nitrogens with zero attached hydrogens (tertiary/aromatic N) is 1. The van der Waals surface area contributed by atoms with Gasteiger partial charge < -0.3 is 5.73 Å². The third-order valence-electron chi connectivity index (χ3n) is 3.19. The molecule has 0 bridgehead atoms. The van der Waals surface area contributed by atoms with Gasteiger partial charge in [0.1, 0.15) is 0 Å². The number of aryl methyl sites for hydroxylation is 1. The Morgan fingerprint density at radius 3 is 2.68 bits per heavy atom. The molecule has 0 aliphatic heterocycles. The molecule has 102 valence electrons. The SMILES string of the molecule is Cc1cccc(CN(C)C(CN)c2ccc(Br)s2)c1. The molecule has 1 unspecified atom stereocenters. The standard InChI is InChI=1S/C15H19BrN2S/c1-11-4-3-5-12(8-11)10-18(2)13(9-17)14-6-7-15(16)19-14/h3-8,13H,9-10,17H2,1-2H3. The molecule has 1 atom stereocenters. The van der Waals surface area contributed by atoms with Gasteiger partial charge in [0.15, 0.2) is 0 Å². The number of benzene rings is 1. The minimum Gasteiger partial charge on any atom is -0.329 e. The minimum atomic E-state index is 0.275. The molecule has 19 heavy (non-hydrogen) atoms. The summed E-state index contributed by atoms with van der Waals surface area (Å²) in [5.74, 6) is 0. The Hall–Kier alpha value is -0.680. The molecule has 2 rings (SSSR count). The maximum Gasteiger partial charge on any atom is 0.0702 e. The van der Waals surface area contributed by atoms with Crippen LogP contribution in [0.2, 0.25) is 0 Å². The lowest BCUT2D eigenvalue weighted by Gasteiger charge is -2.26. The summed E-state index contributed by atoms with van der Waals surface area (Å²) >= 11 is 5.27. The van der Waals surface area contributed by atoms with Gasteiger partial charge in [0.05, 0.1) is 9.83 Å². The number of likely N-dealkylation sites (N-methyl/N-ethyl adjacent to an activating group) is 1. The van der Waals surface area contributed by atoms with E-state index in [-0.39, 0.29) is 6.04 Å². The van der Waals surface area contributed by atoms with Gasteiger partial charge in [-0.15, -0.1) is 11.3 Å². The first-order chi connectivity index (χ1) is 9.10. The maximum absolute atomic E-state index is 5.95. The van der Waals surface area contributed by atoms with Gasteiger partial charge in [-0.1, -0.05) is 29.8 Å². The van der Waals surface area contributed by atoms with E-state index in [0.29, 0.717) is 6.54 Å². The van der Waals surface area contributed by atoms with Gasteiger partial charge >= 0.3 is 0 Å². The molecule has 2 nitrogen and oxygen atoms in total. The van der Waals surface area contributed by atoms with Crippen molar-refractivity contribution in [3.8, 4) is 0 Å². The molecular weight excluding hydrogens is 320 g/mol. The van der Waals surface area contributed by atoms with Crippen LogP contribution in [0.1, 0.15) is 22.0 Å².